The van der Waals surface area contributed by atoms with E-state index in [1.807, 2.05) is 0 Å². The van der Waals surface area contributed by atoms with E-state index in [1.165, 1.54) is 24.3 Å². The van der Waals surface area contributed by atoms with E-state index in [0.29, 0.717) is 0 Å². The van der Waals surface area contributed by atoms with Gasteiger partial charge in [0.15, 0.2) is 0 Å². The van der Waals surface area contributed by atoms with Crippen LogP contribution >= 0.6 is 0 Å². The van der Waals surface area contributed by atoms with Gasteiger partial charge in [-0.15, -0.1) is 0 Å². The van der Waals surface area contributed by atoms with Gasteiger partial charge in [-0.1, -0.05) is 0 Å². The molecule has 10 nitrogen and oxygen atoms in total. The van der Waals surface area contributed by atoms with Crippen molar-refractivity contribution in [3.05, 3.63) is 36.4 Å². The first-order valence-electron chi connectivity index (χ1n) is 8.57. The summed E-state index contributed by atoms with van der Waals surface area (Å²) in [5.41, 5.74) is 9.43. The number of imide groups is 2. The molecule has 2 heterocycles. The van der Waals surface area contributed by atoms with Crippen LogP contribution < -0.4 is 21.3 Å². The third-order valence-electron chi connectivity index (χ3n) is 5.17. The molecule has 0 saturated carbocycles. The lowest BCUT2D eigenvalue weighted by Crippen LogP contribution is -2.42. The summed E-state index contributed by atoms with van der Waals surface area (Å²) >= 11 is 0. The fourth-order valence-electron chi connectivity index (χ4n) is 3.65. The van der Waals surface area contributed by atoms with Gasteiger partial charge in [-0.2, -0.15) is 0 Å². The van der Waals surface area contributed by atoms with E-state index in [0.717, 1.165) is 21.9 Å². The molecule has 4 amide bonds. The Morgan fingerprint density at radius 3 is 1.45 bits per heavy atom. The number of nitrogens with zero attached hydrogens (tertiary/aromatic N) is 2. The Hall–Kier alpha value is -4.08. The number of hydrogen-bond acceptors (Lipinski definition) is 8. The molecular formula is C19H16N4O6. The van der Waals surface area contributed by atoms with Crippen LogP contribution in [0.15, 0.2) is 36.4 Å². The van der Waals surface area contributed by atoms with Crippen LogP contribution in [0, 0.1) is 5.41 Å². The smallest absolute Gasteiger partial charge is 0.250 e. The van der Waals surface area contributed by atoms with Gasteiger partial charge in [-0.3, -0.25) is 19.2 Å². The minimum absolute atomic E-state index is 0.0485. The highest BCUT2D eigenvalue weighted by molar-refractivity contribution is 6.38. The van der Waals surface area contributed by atoms with E-state index >= 15 is 0 Å². The lowest BCUT2D eigenvalue weighted by molar-refractivity contribution is -0.136. The maximum Gasteiger partial charge on any atom is 0.250 e. The second kappa shape index (κ2) is 5.96. The minimum atomic E-state index is -1.87. The summed E-state index contributed by atoms with van der Waals surface area (Å²) in [4.78, 5) is 53.0. The van der Waals surface area contributed by atoms with Crippen molar-refractivity contribution in [2.75, 3.05) is 21.3 Å². The highest BCUT2D eigenvalue weighted by atomic mass is 16.3. The van der Waals surface area contributed by atoms with Crippen LogP contribution in [0.25, 0.3) is 0 Å². The summed E-state index contributed by atoms with van der Waals surface area (Å²) in [7, 11) is 0. The Kier molecular flexibility index (Phi) is 3.76. The van der Waals surface area contributed by atoms with Crippen LogP contribution in [0.1, 0.15) is 12.8 Å². The van der Waals surface area contributed by atoms with Crippen molar-refractivity contribution in [1.82, 2.24) is 0 Å². The number of benzene rings is 2. The maximum atomic E-state index is 13.1. The number of carbonyl (C=O) groups excluding carboxylic acids is 4. The fraction of sp³-hybridized carbons (Fsp3) is 0.158. The molecule has 2 aromatic rings. The number of nitrogen functional groups attached to an aromatic ring is 2. The van der Waals surface area contributed by atoms with Gasteiger partial charge in [0.05, 0.1) is 35.6 Å². The van der Waals surface area contributed by atoms with Crippen molar-refractivity contribution >= 4 is 46.4 Å². The predicted molar refractivity (Wildman–Crippen MR) is 102 cm³/mol. The van der Waals surface area contributed by atoms with Crippen molar-refractivity contribution in [2.45, 2.75) is 12.8 Å². The number of nitrogens with two attached hydrogens (primary N) is 2. The standard InChI is InChI=1S/C19H16N4O6/c20-11-3-1-9(5-13(11)24)22-15(26)7-19(17(22)28)8-16(27)23(18(19)29)10-2-4-12(21)14(25)6-10/h1-6,24-25H,7-8,20-21H2. The normalized spacial score (nSPS) is 18.3. The first kappa shape index (κ1) is 18.3. The van der Waals surface area contributed by atoms with Crippen LogP contribution in [-0.4, -0.2) is 33.8 Å². The summed E-state index contributed by atoms with van der Waals surface area (Å²) in [5, 5.41) is 19.6. The van der Waals surface area contributed by atoms with Gasteiger partial charge >= 0.3 is 0 Å². The second-order valence-corrected chi connectivity index (χ2v) is 6.99. The maximum absolute atomic E-state index is 13.1. The van der Waals surface area contributed by atoms with Crippen molar-refractivity contribution in [1.29, 1.82) is 0 Å². The summed E-state index contributed by atoms with van der Waals surface area (Å²) in [5.74, 6) is -3.71. The molecule has 29 heavy (non-hydrogen) atoms. The molecule has 2 aromatic carbocycles. The van der Waals surface area contributed by atoms with Gasteiger partial charge in [-0.25, -0.2) is 9.80 Å². The highest BCUT2D eigenvalue weighted by Crippen LogP contribution is 2.46. The molecule has 0 unspecified atom stereocenters. The summed E-state index contributed by atoms with van der Waals surface area (Å²) in [6, 6.07) is 7.65. The Morgan fingerprint density at radius 2 is 1.10 bits per heavy atom. The summed E-state index contributed by atoms with van der Waals surface area (Å²) in [6.07, 6.45) is -0.974. The predicted octanol–water partition coefficient (Wildman–Crippen LogP) is 0.475. The third-order valence-corrected chi connectivity index (χ3v) is 5.17. The first-order chi connectivity index (χ1) is 13.7. The quantitative estimate of drug-likeness (QED) is 0.246. The molecule has 6 N–H and O–H groups in total. The van der Waals surface area contributed by atoms with Gasteiger partial charge in [0, 0.05) is 12.1 Å². The molecule has 4 rings (SSSR count). The van der Waals surface area contributed by atoms with Gasteiger partial charge in [-0.05, 0) is 24.3 Å². The number of amides is 4. The van der Waals surface area contributed by atoms with Crippen molar-refractivity contribution in [3.63, 3.8) is 0 Å². The molecule has 1 spiro atoms. The molecule has 148 valence electrons. The Morgan fingerprint density at radius 1 is 0.724 bits per heavy atom. The van der Waals surface area contributed by atoms with Crippen molar-refractivity contribution in [3.8, 4) is 11.5 Å². The molecule has 10 heteroatoms. The second-order valence-electron chi connectivity index (χ2n) is 6.99. The first-order valence-corrected chi connectivity index (χ1v) is 8.57. The number of phenolic OH excluding ortho intramolecular Hbond substituents is 2. The van der Waals surface area contributed by atoms with E-state index in [-0.39, 0.29) is 34.2 Å². The zero-order valence-electron chi connectivity index (χ0n) is 15.0. The van der Waals surface area contributed by atoms with E-state index < -0.39 is 41.9 Å². The third kappa shape index (κ3) is 2.49. The fourth-order valence-corrected chi connectivity index (χ4v) is 3.65. The number of anilines is 4. The average molecular weight is 396 g/mol. The molecular weight excluding hydrogens is 380 g/mol. The lowest BCUT2D eigenvalue weighted by Gasteiger charge is -2.21. The van der Waals surface area contributed by atoms with Crippen LogP contribution in [0.4, 0.5) is 22.7 Å². The van der Waals surface area contributed by atoms with Crippen molar-refractivity contribution < 1.29 is 29.4 Å². The van der Waals surface area contributed by atoms with Crippen LogP contribution in [-0.2, 0) is 19.2 Å². The largest absolute Gasteiger partial charge is 0.506 e. The van der Waals surface area contributed by atoms with Crippen molar-refractivity contribution in [2.24, 2.45) is 5.41 Å². The zero-order chi connectivity index (χ0) is 21.1. The number of hydrogen-bond donors (Lipinski definition) is 4. The summed E-state index contributed by atoms with van der Waals surface area (Å²) in [6.45, 7) is 0. The molecule has 2 aliphatic heterocycles. The highest BCUT2D eigenvalue weighted by Gasteiger charge is 2.64. The number of rotatable bonds is 2. The molecule has 0 radical (unpaired) electrons. The Balaban J connectivity index is 1.73. The van der Waals surface area contributed by atoms with E-state index in [2.05, 4.69) is 0 Å². The number of aromatic hydroxyl groups is 2. The Labute approximate surface area is 163 Å². The number of carbonyl (C=O) groups is 4. The molecule has 0 atom stereocenters. The molecule has 2 fully saturated rings. The Bertz CT molecular complexity index is 1020. The van der Waals surface area contributed by atoms with Gasteiger partial charge < -0.3 is 21.7 Å². The summed E-state index contributed by atoms with van der Waals surface area (Å²) < 4.78 is 0. The molecule has 2 aliphatic rings. The van der Waals surface area contributed by atoms with Gasteiger partial charge in [0.25, 0.3) is 11.8 Å². The average Bonchev–Trinajstić information content (AvgIpc) is 3.06. The van der Waals surface area contributed by atoms with E-state index in [1.54, 1.807) is 0 Å². The molecule has 0 aromatic heterocycles. The molecule has 0 bridgehead atoms. The minimum Gasteiger partial charge on any atom is -0.506 e. The monoisotopic (exact) mass is 396 g/mol. The van der Waals surface area contributed by atoms with Gasteiger partial charge in [0.1, 0.15) is 16.9 Å². The molecule has 2 saturated heterocycles. The zero-order valence-corrected chi connectivity index (χ0v) is 15.0. The van der Waals surface area contributed by atoms with Crippen LogP contribution in [0.2, 0.25) is 0 Å². The van der Waals surface area contributed by atoms with Crippen LogP contribution in [0.3, 0.4) is 0 Å². The van der Waals surface area contributed by atoms with Crippen LogP contribution in [0.5, 0.6) is 11.5 Å². The van der Waals surface area contributed by atoms with E-state index in [9.17, 15) is 29.4 Å². The number of phenols is 2. The van der Waals surface area contributed by atoms with E-state index in [4.69, 9.17) is 11.5 Å². The lowest BCUT2D eigenvalue weighted by atomic mass is 9.84. The van der Waals surface area contributed by atoms with Gasteiger partial charge in [0.2, 0.25) is 11.8 Å². The molecule has 0 aliphatic carbocycles. The topological polar surface area (TPSA) is 167 Å². The SMILES string of the molecule is Nc1ccc(N2C(=O)CC3(CC(=O)N(c4ccc(N)c(O)c4)C3=O)C2=O)cc1O.